The lowest BCUT2D eigenvalue weighted by Gasteiger charge is -1.85. The maximum atomic E-state index is 8.68. The number of nitrogens with two attached hydrogens (primary N) is 1. The SMILES string of the molecule is NC1=CC(O)=[C+]C=C1. The van der Waals surface area contributed by atoms with Crippen LogP contribution in [0.25, 0.3) is 0 Å². The van der Waals surface area contributed by atoms with E-state index in [0.29, 0.717) is 5.70 Å². The number of hydrogen-bond donors (Lipinski definition) is 2. The summed E-state index contributed by atoms with van der Waals surface area (Å²) < 4.78 is 0. The molecule has 0 saturated carbocycles. The predicted molar refractivity (Wildman–Crippen MR) is 30.8 cm³/mol. The molecule has 0 fully saturated rings. The van der Waals surface area contributed by atoms with Crippen LogP contribution in [0.15, 0.2) is 29.7 Å². The van der Waals surface area contributed by atoms with Crippen molar-refractivity contribution in [2.45, 2.75) is 0 Å². The van der Waals surface area contributed by atoms with Crippen molar-refractivity contribution in [3.05, 3.63) is 35.8 Å². The van der Waals surface area contributed by atoms with Crippen LogP contribution in [0.4, 0.5) is 0 Å². The molecule has 0 radical (unpaired) electrons. The van der Waals surface area contributed by atoms with Gasteiger partial charge in [-0.05, 0) is 0 Å². The molecule has 8 heavy (non-hydrogen) atoms. The molecule has 0 saturated heterocycles. The van der Waals surface area contributed by atoms with Crippen LogP contribution < -0.4 is 5.73 Å². The van der Waals surface area contributed by atoms with Crippen molar-refractivity contribution in [3.8, 4) is 0 Å². The smallest absolute Gasteiger partial charge is 0.289 e. The van der Waals surface area contributed by atoms with Gasteiger partial charge in [0.2, 0.25) is 0 Å². The first-order valence-corrected chi connectivity index (χ1v) is 2.25. The van der Waals surface area contributed by atoms with Crippen LogP contribution in [0.2, 0.25) is 0 Å². The normalized spacial score (nSPS) is 16.5. The lowest BCUT2D eigenvalue weighted by molar-refractivity contribution is 0.429. The van der Waals surface area contributed by atoms with E-state index < -0.39 is 0 Å². The minimum absolute atomic E-state index is 0.0880. The van der Waals surface area contributed by atoms with E-state index in [-0.39, 0.29) is 5.76 Å². The Balaban J connectivity index is 2.89. The summed E-state index contributed by atoms with van der Waals surface area (Å²) in [4.78, 5) is 0. The van der Waals surface area contributed by atoms with Crippen molar-refractivity contribution in [2.75, 3.05) is 0 Å². The van der Waals surface area contributed by atoms with Crippen LogP contribution in [0.1, 0.15) is 0 Å². The maximum absolute atomic E-state index is 8.68. The van der Waals surface area contributed by atoms with Crippen molar-refractivity contribution < 1.29 is 5.11 Å². The molecule has 0 aromatic carbocycles. The van der Waals surface area contributed by atoms with Crippen molar-refractivity contribution >= 4 is 0 Å². The van der Waals surface area contributed by atoms with Crippen LogP contribution >= 0.6 is 0 Å². The number of allylic oxidation sites excluding steroid dienone is 4. The number of aliphatic hydroxyl groups excluding tert-OH is 1. The van der Waals surface area contributed by atoms with E-state index >= 15 is 0 Å². The van der Waals surface area contributed by atoms with Crippen molar-refractivity contribution in [1.82, 2.24) is 0 Å². The van der Waals surface area contributed by atoms with Gasteiger partial charge in [-0.3, -0.25) is 0 Å². The third-order valence-corrected chi connectivity index (χ3v) is 0.810. The highest BCUT2D eigenvalue weighted by Crippen LogP contribution is 2.00. The second-order valence-corrected chi connectivity index (χ2v) is 1.51. The Labute approximate surface area is 47.6 Å². The zero-order valence-corrected chi connectivity index (χ0v) is 4.26. The fraction of sp³-hybridized carbons (Fsp3) is 0. The first-order chi connectivity index (χ1) is 3.79. The summed E-state index contributed by atoms with van der Waals surface area (Å²) in [7, 11) is 0. The second kappa shape index (κ2) is 1.68. The van der Waals surface area contributed by atoms with Gasteiger partial charge in [0, 0.05) is 0 Å². The lowest BCUT2D eigenvalue weighted by atomic mass is 10.2. The van der Waals surface area contributed by atoms with Gasteiger partial charge in [-0.15, -0.1) is 0 Å². The lowest BCUT2D eigenvalue weighted by Crippen LogP contribution is -1.95. The van der Waals surface area contributed by atoms with E-state index in [2.05, 4.69) is 6.08 Å². The maximum Gasteiger partial charge on any atom is 0.289 e. The van der Waals surface area contributed by atoms with Crippen LogP contribution in [0.3, 0.4) is 0 Å². The molecular formula is C6H6NO+. The van der Waals surface area contributed by atoms with Gasteiger partial charge in [-0.1, -0.05) is 0 Å². The number of rotatable bonds is 0. The largest absolute Gasteiger partial charge is 0.481 e. The topological polar surface area (TPSA) is 46.2 Å². The third-order valence-electron chi connectivity index (χ3n) is 0.810. The Morgan fingerprint density at radius 1 is 1.62 bits per heavy atom. The fourth-order valence-corrected chi connectivity index (χ4v) is 0.471. The van der Waals surface area contributed by atoms with E-state index in [1.165, 1.54) is 6.08 Å². The van der Waals surface area contributed by atoms with Crippen LogP contribution in [0.5, 0.6) is 0 Å². The van der Waals surface area contributed by atoms with Gasteiger partial charge in [0.15, 0.2) is 0 Å². The Bertz CT molecular complexity index is 174. The van der Waals surface area contributed by atoms with E-state index in [9.17, 15) is 0 Å². The molecule has 0 aliphatic heterocycles. The van der Waals surface area contributed by atoms with Gasteiger partial charge in [0.1, 0.15) is 17.8 Å². The molecule has 1 aliphatic carbocycles. The molecule has 1 aliphatic rings. The second-order valence-electron chi connectivity index (χ2n) is 1.51. The molecule has 0 atom stereocenters. The highest BCUT2D eigenvalue weighted by atomic mass is 16.3. The van der Waals surface area contributed by atoms with Gasteiger partial charge in [0.05, 0.1) is 12.2 Å². The summed E-state index contributed by atoms with van der Waals surface area (Å²) in [5.74, 6) is 0.0880. The minimum Gasteiger partial charge on any atom is -0.481 e. The third kappa shape index (κ3) is 0.863. The summed E-state index contributed by atoms with van der Waals surface area (Å²) in [5, 5.41) is 8.68. The van der Waals surface area contributed by atoms with Crippen LogP contribution in [-0.2, 0) is 0 Å². The highest BCUT2D eigenvalue weighted by Gasteiger charge is 2.02. The Hall–Kier alpha value is -1.27. The summed E-state index contributed by atoms with van der Waals surface area (Å²) in [6, 6.07) is 0. The van der Waals surface area contributed by atoms with Gasteiger partial charge in [-0.25, -0.2) is 0 Å². The average Bonchev–Trinajstić information content (AvgIpc) is 1.64. The summed E-state index contributed by atoms with van der Waals surface area (Å²) >= 11 is 0. The van der Waals surface area contributed by atoms with Gasteiger partial charge in [-0.2, -0.15) is 0 Å². The predicted octanol–water partition coefficient (Wildman–Crippen LogP) is 0.644. The van der Waals surface area contributed by atoms with Gasteiger partial charge < -0.3 is 10.8 Å². The van der Waals surface area contributed by atoms with E-state index in [1.807, 2.05) is 0 Å². The Morgan fingerprint density at radius 3 is 2.75 bits per heavy atom. The quantitative estimate of drug-likeness (QED) is 0.447. The first kappa shape index (κ1) is 4.88. The highest BCUT2D eigenvalue weighted by molar-refractivity contribution is 5.30. The molecule has 3 N–H and O–H groups in total. The zero-order valence-electron chi connectivity index (χ0n) is 4.26. The molecule has 40 valence electrons. The Morgan fingerprint density at radius 2 is 2.38 bits per heavy atom. The molecule has 1 rings (SSSR count). The molecule has 0 amide bonds. The Kier molecular flexibility index (Phi) is 1.03. The molecule has 0 unspecified atom stereocenters. The fourth-order valence-electron chi connectivity index (χ4n) is 0.471. The molecule has 0 bridgehead atoms. The van der Waals surface area contributed by atoms with Crippen LogP contribution in [0, 0.1) is 6.08 Å². The molecular weight excluding hydrogens is 102 g/mol. The number of hydrogen-bond acceptors (Lipinski definition) is 2. The van der Waals surface area contributed by atoms with Crippen molar-refractivity contribution in [3.63, 3.8) is 0 Å². The molecule has 2 nitrogen and oxygen atoms in total. The minimum atomic E-state index is 0.0880. The molecule has 0 aromatic heterocycles. The monoisotopic (exact) mass is 108 g/mol. The molecule has 0 heterocycles. The van der Waals surface area contributed by atoms with E-state index in [0.717, 1.165) is 0 Å². The molecule has 0 spiro atoms. The average molecular weight is 108 g/mol. The summed E-state index contributed by atoms with van der Waals surface area (Å²) in [6.45, 7) is 0. The van der Waals surface area contributed by atoms with Crippen molar-refractivity contribution in [2.24, 2.45) is 5.73 Å². The molecule has 2 heteroatoms. The number of aliphatic hydroxyl groups is 1. The summed E-state index contributed by atoms with van der Waals surface area (Å²) in [6.07, 6.45) is 7.23. The van der Waals surface area contributed by atoms with Gasteiger partial charge >= 0.3 is 0 Å². The van der Waals surface area contributed by atoms with E-state index in [1.54, 1.807) is 12.2 Å². The van der Waals surface area contributed by atoms with Crippen molar-refractivity contribution in [1.29, 1.82) is 0 Å². The standard InChI is InChI=1S/C6H5NO/c7-5-2-1-3-6(8)4-5/h1-2,4H,7H2/p+1. The van der Waals surface area contributed by atoms with Gasteiger partial charge in [0.25, 0.3) is 5.76 Å². The summed E-state index contributed by atoms with van der Waals surface area (Å²) in [5.41, 5.74) is 5.84. The molecule has 0 aromatic rings. The first-order valence-electron chi connectivity index (χ1n) is 2.25. The van der Waals surface area contributed by atoms with Crippen LogP contribution in [-0.4, -0.2) is 5.11 Å². The van der Waals surface area contributed by atoms with E-state index in [4.69, 9.17) is 10.8 Å². The zero-order chi connectivity index (χ0) is 5.98.